The van der Waals surface area contributed by atoms with Gasteiger partial charge < -0.3 is 10.1 Å². The highest BCUT2D eigenvalue weighted by molar-refractivity contribution is 5.24. The molecule has 0 saturated heterocycles. The third-order valence-electron chi connectivity index (χ3n) is 3.46. The Morgan fingerprint density at radius 2 is 1.85 bits per heavy atom. The van der Waals surface area contributed by atoms with Crippen LogP contribution in [0.3, 0.4) is 0 Å². The number of aryl methyl sites for hydroxylation is 1. The molecule has 0 aliphatic rings. The smallest absolute Gasteiger partial charge is 0.213 e. The van der Waals surface area contributed by atoms with Crippen LogP contribution in [0.25, 0.3) is 0 Å². The molecule has 0 atom stereocenters. The molecule has 1 aromatic rings. The number of nitrogens with one attached hydrogen (secondary N) is 1. The second kappa shape index (κ2) is 8.22. The predicted octanol–water partition coefficient (Wildman–Crippen LogP) is 2.61. The van der Waals surface area contributed by atoms with E-state index in [4.69, 9.17) is 4.74 Å². The van der Waals surface area contributed by atoms with Crippen molar-refractivity contribution < 1.29 is 4.74 Å². The van der Waals surface area contributed by atoms with Gasteiger partial charge in [-0.25, -0.2) is 4.98 Å². The number of hydrogen-bond donors (Lipinski definition) is 1. The summed E-state index contributed by atoms with van der Waals surface area (Å²) in [6.45, 7) is 13.3. The van der Waals surface area contributed by atoms with Crippen LogP contribution in [-0.2, 0) is 6.54 Å². The topological polar surface area (TPSA) is 37.4 Å². The van der Waals surface area contributed by atoms with Crippen LogP contribution in [0, 0.1) is 6.92 Å². The molecule has 0 fully saturated rings. The predicted molar refractivity (Wildman–Crippen MR) is 84.2 cm³/mol. The quantitative estimate of drug-likeness (QED) is 0.794. The zero-order valence-corrected chi connectivity index (χ0v) is 13.7. The average molecular weight is 279 g/mol. The molecule has 4 heteroatoms. The summed E-state index contributed by atoms with van der Waals surface area (Å²) in [6.07, 6.45) is 0. The Hall–Kier alpha value is -1.13. The second-order valence-corrected chi connectivity index (χ2v) is 5.70. The molecule has 0 spiro atoms. The SMILES string of the molecule is CNCc1ccc(OCCN(C(C)C)C(C)C)nc1C. The maximum absolute atomic E-state index is 5.78. The van der Waals surface area contributed by atoms with Gasteiger partial charge in [0, 0.05) is 36.9 Å². The fourth-order valence-corrected chi connectivity index (χ4v) is 2.39. The van der Waals surface area contributed by atoms with Crippen molar-refractivity contribution in [1.29, 1.82) is 0 Å². The molecule has 1 heterocycles. The Labute approximate surface area is 123 Å². The Bertz CT molecular complexity index is 397. The van der Waals surface area contributed by atoms with E-state index in [0.29, 0.717) is 18.7 Å². The van der Waals surface area contributed by atoms with Crippen LogP contribution >= 0.6 is 0 Å². The fraction of sp³-hybridized carbons (Fsp3) is 0.688. The molecular weight excluding hydrogens is 250 g/mol. The summed E-state index contributed by atoms with van der Waals surface area (Å²) >= 11 is 0. The summed E-state index contributed by atoms with van der Waals surface area (Å²) < 4.78 is 5.78. The van der Waals surface area contributed by atoms with Crippen LogP contribution in [0.5, 0.6) is 5.88 Å². The zero-order valence-electron chi connectivity index (χ0n) is 13.7. The molecular formula is C16H29N3O. The van der Waals surface area contributed by atoms with E-state index in [0.717, 1.165) is 24.7 Å². The van der Waals surface area contributed by atoms with Crippen molar-refractivity contribution in [2.24, 2.45) is 0 Å². The highest BCUT2D eigenvalue weighted by Gasteiger charge is 2.13. The first kappa shape index (κ1) is 16.9. The molecule has 0 aliphatic heterocycles. The fourth-order valence-electron chi connectivity index (χ4n) is 2.39. The minimum Gasteiger partial charge on any atom is -0.476 e. The van der Waals surface area contributed by atoms with E-state index in [9.17, 15) is 0 Å². The first-order valence-corrected chi connectivity index (χ1v) is 7.45. The van der Waals surface area contributed by atoms with E-state index in [1.807, 2.05) is 20.0 Å². The molecule has 0 unspecified atom stereocenters. The molecule has 0 radical (unpaired) electrons. The lowest BCUT2D eigenvalue weighted by Crippen LogP contribution is -2.39. The van der Waals surface area contributed by atoms with Crippen LogP contribution in [0.2, 0.25) is 0 Å². The van der Waals surface area contributed by atoms with Crippen molar-refractivity contribution in [3.8, 4) is 5.88 Å². The van der Waals surface area contributed by atoms with Gasteiger partial charge in [0.1, 0.15) is 6.61 Å². The summed E-state index contributed by atoms with van der Waals surface area (Å²) in [4.78, 5) is 6.92. The standard InChI is InChI=1S/C16H29N3O/c1-12(2)19(13(3)4)9-10-20-16-8-7-15(11-17-6)14(5)18-16/h7-8,12-13,17H,9-11H2,1-6H3. The molecule has 1 aromatic heterocycles. The van der Waals surface area contributed by atoms with Gasteiger partial charge in [-0.15, -0.1) is 0 Å². The summed E-state index contributed by atoms with van der Waals surface area (Å²) in [5, 5.41) is 3.14. The number of rotatable bonds is 8. The first-order chi connectivity index (χ1) is 9.45. The minimum atomic E-state index is 0.534. The van der Waals surface area contributed by atoms with E-state index >= 15 is 0 Å². The number of aromatic nitrogens is 1. The van der Waals surface area contributed by atoms with Gasteiger partial charge in [0.2, 0.25) is 5.88 Å². The lowest BCUT2D eigenvalue weighted by atomic mass is 10.2. The lowest BCUT2D eigenvalue weighted by molar-refractivity contribution is 0.140. The number of ether oxygens (including phenoxy) is 1. The third kappa shape index (κ3) is 5.10. The van der Waals surface area contributed by atoms with E-state index in [1.54, 1.807) is 0 Å². The molecule has 0 bridgehead atoms. The summed E-state index contributed by atoms with van der Waals surface area (Å²) in [6, 6.07) is 5.10. The summed E-state index contributed by atoms with van der Waals surface area (Å²) in [7, 11) is 1.94. The minimum absolute atomic E-state index is 0.534. The molecule has 0 saturated carbocycles. The van der Waals surface area contributed by atoms with E-state index in [-0.39, 0.29) is 0 Å². The highest BCUT2D eigenvalue weighted by Crippen LogP contribution is 2.13. The van der Waals surface area contributed by atoms with Crippen molar-refractivity contribution >= 4 is 0 Å². The number of nitrogens with zero attached hydrogens (tertiary/aromatic N) is 2. The largest absolute Gasteiger partial charge is 0.476 e. The second-order valence-electron chi connectivity index (χ2n) is 5.70. The Kier molecular flexibility index (Phi) is 6.96. The summed E-state index contributed by atoms with van der Waals surface area (Å²) in [5.74, 6) is 0.717. The van der Waals surface area contributed by atoms with Crippen molar-refractivity contribution in [2.75, 3.05) is 20.2 Å². The highest BCUT2D eigenvalue weighted by atomic mass is 16.5. The van der Waals surface area contributed by atoms with Gasteiger partial charge in [-0.1, -0.05) is 6.07 Å². The van der Waals surface area contributed by atoms with Gasteiger partial charge in [-0.3, -0.25) is 4.90 Å². The molecule has 20 heavy (non-hydrogen) atoms. The number of pyridine rings is 1. The molecule has 114 valence electrons. The molecule has 1 N–H and O–H groups in total. The van der Waals surface area contributed by atoms with Crippen molar-refractivity contribution in [3.05, 3.63) is 23.4 Å². The Morgan fingerprint density at radius 1 is 1.20 bits per heavy atom. The molecule has 1 rings (SSSR count). The summed E-state index contributed by atoms with van der Waals surface area (Å²) in [5.41, 5.74) is 2.24. The Morgan fingerprint density at radius 3 is 2.35 bits per heavy atom. The van der Waals surface area contributed by atoms with E-state index in [2.05, 4.69) is 49.0 Å². The van der Waals surface area contributed by atoms with Crippen LogP contribution in [0.4, 0.5) is 0 Å². The normalized spacial score (nSPS) is 11.7. The molecule has 0 aliphatic carbocycles. The van der Waals surface area contributed by atoms with Crippen LogP contribution in [-0.4, -0.2) is 42.2 Å². The van der Waals surface area contributed by atoms with Gasteiger partial charge in [-0.2, -0.15) is 0 Å². The molecule has 0 aromatic carbocycles. The molecule has 0 amide bonds. The zero-order chi connectivity index (χ0) is 15.1. The van der Waals surface area contributed by atoms with Gasteiger partial charge in [0.05, 0.1) is 0 Å². The van der Waals surface area contributed by atoms with Crippen LogP contribution in [0.1, 0.15) is 39.0 Å². The first-order valence-electron chi connectivity index (χ1n) is 7.45. The van der Waals surface area contributed by atoms with Crippen molar-refractivity contribution in [1.82, 2.24) is 15.2 Å². The van der Waals surface area contributed by atoms with E-state index < -0.39 is 0 Å². The lowest BCUT2D eigenvalue weighted by Gasteiger charge is -2.30. The van der Waals surface area contributed by atoms with Gasteiger partial charge in [0.15, 0.2) is 0 Å². The van der Waals surface area contributed by atoms with Crippen LogP contribution in [0.15, 0.2) is 12.1 Å². The van der Waals surface area contributed by atoms with E-state index in [1.165, 1.54) is 5.56 Å². The van der Waals surface area contributed by atoms with Gasteiger partial charge in [0.25, 0.3) is 0 Å². The molecule has 4 nitrogen and oxygen atoms in total. The monoisotopic (exact) mass is 279 g/mol. The number of hydrogen-bond acceptors (Lipinski definition) is 4. The van der Waals surface area contributed by atoms with Crippen molar-refractivity contribution in [2.45, 2.75) is 53.2 Å². The average Bonchev–Trinajstić information content (AvgIpc) is 2.37. The maximum Gasteiger partial charge on any atom is 0.213 e. The maximum atomic E-state index is 5.78. The Balaban J connectivity index is 2.51. The third-order valence-corrected chi connectivity index (χ3v) is 3.46. The van der Waals surface area contributed by atoms with Gasteiger partial charge >= 0.3 is 0 Å². The van der Waals surface area contributed by atoms with Crippen molar-refractivity contribution in [3.63, 3.8) is 0 Å². The van der Waals surface area contributed by atoms with Crippen LogP contribution < -0.4 is 10.1 Å². The van der Waals surface area contributed by atoms with Gasteiger partial charge in [-0.05, 0) is 47.2 Å².